The molecule has 32 heavy (non-hydrogen) atoms. The molecule has 0 aromatic rings. The predicted molar refractivity (Wildman–Crippen MR) is 127 cm³/mol. The maximum Gasteiger partial charge on any atom is 0.410 e. The predicted octanol–water partition coefficient (Wildman–Crippen LogP) is 2.58. The van der Waals surface area contributed by atoms with E-state index in [1.54, 1.807) is 18.7 Å². The quantitative estimate of drug-likeness (QED) is 0.414. The summed E-state index contributed by atoms with van der Waals surface area (Å²) in [5, 5.41) is 9.98. The van der Waals surface area contributed by atoms with Crippen LogP contribution in [0.1, 0.15) is 55.4 Å². The van der Waals surface area contributed by atoms with E-state index < -0.39 is 5.60 Å². The highest BCUT2D eigenvalue weighted by atomic mass is 31.1. The van der Waals surface area contributed by atoms with E-state index in [4.69, 9.17) is 4.74 Å². The number of nitrogens with one attached hydrogen (secondary N) is 3. The molecule has 0 aromatic carbocycles. The zero-order chi connectivity index (χ0) is 25.0. The summed E-state index contributed by atoms with van der Waals surface area (Å²) in [6.07, 6.45) is -0.200. The highest BCUT2D eigenvalue weighted by Crippen LogP contribution is 2.13. The molecule has 0 aromatic heterocycles. The number of hydrogen-bond donors (Lipinski definition) is 3. The molecule has 1 rings (SSSR count). The van der Waals surface area contributed by atoms with Crippen molar-refractivity contribution in [2.24, 2.45) is 0 Å². The van der Waals surface area contributed by atoms with Crippen LogP contribution in [0.4, 0.5) is 4.79 Å². The van der Waals surface area contributed by atoms with E-state index in [0.29, 0.717) is 19.6 Å². The third-order valence-electron chi connectivity index (χ3n) is 3.36. The number of amides is 1. The van der Waals surface area contributed by atoms with Gasteiger partial charge in [-0.15, -0.1) is 0 Å². The first kappa shape index (κ1) is 32.9. The van der Waals surface area contributed by atoms with Gasteiger partial charge in [-0.05, 0) is 55.4 Å². The summed E-state index contributed by atoms with van der Waals surface area (Å²) < 4.78 is 24.1. The van der Waals surface area contributed by atoms with Gasteiger partial charge in [0.05, 0.1) is 11.7 Å². The van der Waals surface area contributed by atoms with Gasteiger partial charge in [-0.1, -0.05) is 0 Å². The molecule has 0 unspecified atom stereocenters. The molecule has 10 nitrogen and oxygen atoms in total. The van der Waals surface area contributed by atoms with E-state index >= 15 is 0 Å². The molecule has 1 aliphatic rings. The van der Waals surface area contributed by atoms with Crippen molar-refractivity contribution in [3.8, 4) is 0 Å². The Morgan fingerprint density at radius 2 is 1.31 bits per heavy atom. The molecule has 11 heteroatoms. The van der Waals surface area contributed by atoms with Crippen LogP contribution in [0.3, 0.4) is 0 Å². The molecule has 0 saturated carbocycles. The van der Waals surface area contributed by atoms with Crippen LogP contribution < -0.4 is 16.0 Å². The third kappa shape index (κ3) is 26.7. The van der Waals surface area contributed by atoms with E-state index in [0.717, 1.165) is 39.3 Å². The Balaban J connectivity index is 0. The first-order valence-electron chi connectivity index (χ1n) is 11.0. The lowest BCUT2D eigenvalue weighted by Crippen LogP contribution is -2.45. The van der Waals surface area contributed by atoms with Crippen LogP contribution in [0, 0.1) is 0 Å². The maximum atomic E-state index is 12.1. The van der Waals surface area contributed by atoms with Crippen molar-refractivity contribution in [3.63, 3.8) is 0 Å². The van der Waals surface area contributed by atoms with E-state index in [1.807, 2.05) is 41.5 Å². The van der Waals surface area contributed by atoms with Gasteiger partial charge >= 0.3 is 14.8 Å². The van der Waals surface area contributed by atoms with Crippen LogP contribution in [0.5, 0.6) is 0 Å². The molecule has 1 fully saturated rings. The first-order chi connectivity index (χ1) is 14.8. The Bertz CT molecular complexity index is 484. The topological polar surface area (TPSA) is 118 Å². The molecule has 0 aliphatic carbocycles. The van der Waals surface area contributed by atoms with Crippen molar-refractivity contribution in [3.05, 3.63) is 0 Å². The fraction of sp³-hybridized carbons (Fsp3) is 0.905. The molecule has 3 N–H and O–H groups in total. The van der Waals surface area contributed by atoms with Gasteiger partial charge in [-0.2, -0.15) is 0 Å². The van der Waals surface area contributed by atoms with E-state index in [2.05, 4.69) is 25.2 Å². The standard InChI is InChI=1S/C13H28N4O2.C4H9O2P.C4H8O2/c1-13(2,3)19-12(18)17-10-8-15-6-4-14-5-7-16-9-11-17;1-4(2,3)6-7-5;1-4(2)6-3-5/h14-16H,4-11H2,1-3H3;1-3H3;3-4H,1-2H3. The summed E-state index contributed by atoms with van der Waals surface area (Å²) in [4.78, 5) is 23.2. The zero-order valence-electron chi connectivity index (χ0n) is 21.2. The third-order valence-corrected chi connectivity index (χ3v) is 3.99. The number of carbonyl (C=O) groups excluding carboxylic acids is 2. The van der Waals surface area contributed by atoms with Crippen LogP contribution in [0.2, 0.25) is 0 Å². The fourth-order valence-electron chi connectivity index (χ4n) is 2.00. The summed E-state index contributed by atoms with van der Waals surface area (Å²) in [6.45, 7) is 21.9. The van der Waals surface area contributed by atoms with Crippen LogP contribution in [0.25, 0.3) is 0 Å². The summed E-state index contributed by atoms with van der Waals surface area (Å²) >= 11 is 0. The lowest BCUT2D eigenvalue weighted by atomic mass is 10.2. The monoisotopic (exact) mass is 480 g/mol. The van der Waals surface area contributed by atoms with Crippen LogP contribution in [0.15, 0.2) is 0 Å². The Kier molecular flexibility index (Phi) is 19.7. The second kappa shape index (κ2) is 19.2. The molecular formula is C21H45N4O6P. The van der Waals surface area contributed by atoms with Crippen molar-refractivity contribution in [2.75, 3.05) is 52.4 Å². The summed E-state index contributed by atoms with van der Waals surface area (Å²) in [7, 11) is -0.241. The second-order valence-corrected chi connectivity index (χ2v) is 9.61. The number of nitrogens with zero attached hydrogens (tertiary/aromatic N) is 1. The zero-order valence-corrected chi connectivity index (χ0v) is 22.0. The Morgan fingerprint density at radius 1 is 0.875 bits per heavy atom. The average Bonchev–Trinajstić information content (AvgIpc) is 2.60. The lowest BCUT2D eigenvalue weighted by molar-refractivity contribution is -0.131. The second-order valence-electron chi connectivity index (χ2n) is 9.28. The molecule has 0 radical (unpaired) electrons. The van der Waals surface area contributed by atoms with Gasteiger partial charge in [0.25, 0.3) is 6.47 Å². The van der Waals surface area contributed by atoms with E-state index in [1.165, 1.54) is 0 Å². The SMILES string of the molecule is CC(C)(C)OC(=O)N1CCNCCNCCNCC1.CC(C)(C)OP=O.CC(C)OC=O. The van der Waals surface area contributed by atoms with Gasteiger partial charge < -0.3 is 30.3 Å². The summed E-state index contributed by atoms with van der Waals surface area (Å²) in [5.74, 6) is 0. The number of ether oxygens (including phenoxy) is 2. The van der Waals surface area contributed by atoms with Crippen molar-refractivity contribution in [1.82, 2.24) is 20.9 Å². The molecule has 0 bridgehead atoms. The Labute approximate surface area is 195 Å². The van der Waals surface area contributed by atoms with Crippen molar-refractivity contribution < 1.29 is 28.2 Å². The number of carbonyl (C=O) groups is 2. The van der Waals surface area contributed by atoms with E-state index in [9.17, 15) is 14.2 Å². The lowest BCUT2D eigenvalue weighted by Gasteiger charge is -2.28. The van der Waals surface area contributed by atoms with Gasteiger partial charge in [-0.3, -0.25) is 9.32 Å². The van der Waals surface area contributed by atoms with Crippen LogP contribution in [-0.2, 0) is 23.4 Å². The van der Waals surface area contributed by atoms with Gasteiger partial charge in [-0.25, -0.2) is 9.36 Å². The van der Waals surface area contributed by atoms with Gasteiger partial charge in [0.2, 0.25) is 0 Å². The van der Waals surface area contributed by atoms with Crippen LogP contribution in [-0.4, -0.2) is 87.1 Å². The highest BCUT2D eigenvalue weighted by molar-refractivity contribution is 7.17. The minimum Gasteiger partial charge on any atom is -0.465 e. The average molecular weight is 481 g/mol. The Morgan fingerprint density at radius 3 is 1.56 bits per heavy atom. The van der Waals surface area contributed by atoms with Crippen molar-refractivity contribution in [2.45, 2.75) is 72.7 Å². The summed E-state index contributed by atoms with van der Waals surface area (Å²) in [5.41, 5.74) is -0.713. The number of rotatable bonds is 3. The van der Waals surface area contributed by atoms with Crippen molar-refractivity contribution in [1.29, 1.82) is 0 Å². The molecule has 1 saturated heterocycles. The minimum atomic E-state index is -0.439. The smallest absolute Gasteiger partial charge is 0.410 e. The maximum absolute atomic E-state index is 12.1. The summed E-state index contributed by atoms with van der Waals surface area (Å²) in [6, 6.07) is 0. The van der Waals surface area contributed by atoms with Gasteiger partial charge in [0.15, 0.2) is 0 Å². The van der Waals surface area contributed by atoms with Crippen molar-refractivity contribution >= 4 is 21.3 Å². The molecule has 190 valence electrons. The van der Waals surface area contributed by atoms with Crippen LogP contribution >= 0.6 is 8.69 Å². The normalized spacial score (nSPS) is 16.3. The molecule has 0 spiro atoms. The number of hydrogen-bond acceptors (Lipinski definition) is 9. The highest BCUT2D eigenvalue weighted by Gasteiger charge is 2.21. The molecule has 1 aliphatic heterocycles. The van der Waals surface area contributed by atoms with Gasteiger partial charge in [0.1, 0.15) is 5.60 Å². The molecule has 1 heterocycles. The molecular weight excluding hydrogens is 435 g/mol. The fourth-order valence-corrected chi connectivity index (χ4v) is 2.22. The van der Waals surface area contributed by atoms with E-state index in [-0.39, 0.29) is 26.5 Å². The Hall–Kier alpha value is -1.32. The molecule has 0 atom stereocenters. The largest absolute Gasteiger partial charge is 0.465 e. The molecule has 1 amide bonds. The first-order valence-corrected chi connectivity index (χ1v) is 11.8. The van der Waals surface area contributed by atoms with Gasteiger partial charge in [0, 0.05) is 52.4 Å². The minimum absolute atomic E-state index is 0.0301.